The zero-order valence-electron chi connectivity index (χ0n) is 19.0. The smallest absolute Gasteiger partial charge is 0.270 e. The summed E-state index contributed by atoms with van der Waals surface area (Å²) < 4.78 is 9.13. The van der Waals surface area contributed by atoms with Crippen molar-refractivity contribution < 1.29 is 4.74 Å². The Balaban J connectivity index is 1.08. The molecule has 3 aliphatic rings. The van der Waals surface area contributed by atoms with Crippen LogP contribution in [0, 0.1) is 0 Å². The van der Waals surface area contributed by atoms with Crippen LogP contribution in [-0.2, 0) is 13.1 Å². The van der Waals surface area contributed by atoms with Crippen LogP contribution in [0.15, 0.2) is 45.1 Å². The summed E-state index contributed by atoms with van der Waals surface area (Å²) in [5, 5.41) is 3.67. The first-order chi connectivity index (χ1) is 16.7. The zero-order valence-corrected chi connectivity index (χ0v) is 19.8. The molecule has 1 saturated heterocycles. The number of piperidine rings is 1. The second-order valence-corrected chi connectivity index (χ2v) is 10.4. The van der Waals surface area contributed by atoms with E-state index in [0.717, 1.165) is 69.2 Å². The molecule has 0 radical (unpaired) electrons. The predicted octanol–water partition coefficient (Wildman–Crippen LogP) is 1.64. The first kappa shape index (κ1) is 21.8. The normalized spacial score (nSPS) is 20.8. The lowest BCUT2D eigenvalue weighted by molar-refractivity contribution is 0.163. The molecule has 3 aromatic heterocycles. The standard InChI is InChI=1S/C24H28N6O3S/c31-22-2-1-19-24-29(23(32)14-27-19)8-5-18(30(22)24)15-28-6-3-16(4-7-28)25-12-17-11-21-20(13-26-17)33-9-10-34-21/h1-2,11,13-14,16,18,25H,3-10,12,15H2. The maximum Gasteiger partial charge on any atom is 0.270 e. The van der Waals surface area contributed by atoms with Crippen molar-refractivity contribution >= 4 is 22.9 Å². The number of aryl methyl sites for hydroxylation is 1. The summed E-state index contributed by atoms with van der Waals surface area (Å²) in [6.45, 7) is 4.93. The minimum Gasteiger partial charge on any atom is -0.490 e. The van der Waals surface area contributed by atoms with E-state index in [0.29, 0.717) is 23.8 Å². The quantitative estimate of drug-likeness (QED) is 0.589. The fourth-order valence-electron chi connectivity index (χ4n) is 5.30. The van der Waals surface area contributed by atoms with Gasteiger partial charge < -0.3 is 15.0 Å². The molecule has 1 atom stereocenters. The maximum absolute atomic E-state index is 12.8. The Hall–Kier alpha value is -2.69. The lowest BCUT2D eigenvalue weighted by atomic mass is 10.0. The number of pyridine rings is 2. The molecule has 1 unspecified atom stereocenters. The molecule has 6 rings (SSSR count). The summed E-state index contributed by atoms with van der Waals surface area (Å²) in [6.07, 6.45) is 6.09. The molecule has 0 spiro atoms. The second kappa shape index (κ2) is 9.16. The number of thioether (sulfide) groups is 1. The molecule has 0 aromatic carbocycles. The Bertz CT molecular complexity index is 1330. The van der Waals surface area contributed by atoms with Gasteiger partial charge in [0, 0.05) is 37.5 Å². The van der Waals surface area contributed by atoms with Gasteiger partial charge in [-0.15, -0.1) is 11.8 Å². The van der Waals surface area contributed by atoms with Crippen LogP contribution in [0.3, 0.4) is 0 Å². The first-order valence-electron chi connectivity index (χ1n) is 12.0. The van der Waals surface area contributed by atoms with E-state index in [4.69, 9.17) is 4.74 Å². The molecule has 9 nitrogen and oxygen atoms in total. The summed E-state index contributed by atoms with van der Waals surface area (Å²) >= 11 is 1.83. The van der Waals surface area contributed by atoms with E-state index in [-0.39, 0.29) is 17.2 Å². The highest BCUT2D eigenvalue weighted by molar-refractivity contribution is 7.99. The molecule has 3 aromatic rings. The van der Waals surface area contributed by atoms with Crippen molar-refractivity contribution in [2.24, 2.45) is 0 Å². The van der Waals surface area contributed by atoms with Crippen molar-refractivity contribution in [2.45, 2.75) is 49.3 Å². The average Bonchev–Trinajstić information content (AvgIpc) is 2.87. The van der Waals surface area contributed by atoms with Gasteiger partial charge in [0.1, 0.15) is 11.2 Å². The lowest BCUT2D eigenvalue weighted by Gasteiger charge is -2.36. The van der Waals surface area contributed by atoms with Crippen LogP contribution in [0.1, 0.15) is 31.0 Å². The van der Waals surface area contributed by atoms with E-state index in [2.05, 4.69) is 26.3 Å². The highest BCUT2D eigenvalue weighted by Gasteiger charge is 2.27. The van der Waals surface area contributed by atoms with Gasteiger partial charge in [-0.25, -0.2) is 4.98 Å². The molecule has 3 aliphatic heterocycles. The Morgan fingerprint density at radius 2 is 1.94 bits per heavy atom. The summed E-state index contributed by atoms with van der Waals surface area (Å²) in [5.74, 6) is 1.89. The molecule has 178 valence electrons. The highest BCUT2D eigenvalue weighted by atomic mass is 32.2. The van der Waals surface area contributed by atoms with E-state index in [9.17, 15) is 9.59 Å². The van der Waals surface area contributed by atoms with Gasteiger partial charge in [0.05, 0.1) is 35.6 Å². The number of aromatic nitrogens is 4. The number of fused-ring (bicyclic) bond motifs is 1. The molecule has 0 bridgehead atoms. The van der Waals surface area contributed by atoms with E-state index >= 15 is 0 Å². The lowest BCUT2D eigenvalue weighted by Crippen LogP contribution is -2.46. The van der Waals surface area contributed by atoms with Crippen molar-refractivity contribution in [3.8, 4) is 5.75 Å². The largest absolute Gasteiger partial charge is 0.490 e. The van der Waals surface area contributed by atoms with Crippen molar-refractivity contribution in [1.29, 1.82) is 0 Å². The number of rotatable bonds is 5. The zero-order chi connectivity index (χ0) is 23.1. The minimum atomic E-state index is -0.142. The van der Waals surface area contributed by atoms with Crippen LogP contribution in [0.2, 0.25) is 0 Å². The number of hydrogen-bond acceptors (Lipinski definition) is 8. The van der Waals surface area contributed by atoms with Crippen molar-refractivity contribution in [3.05, 3.63) is 57.0 Å². The Labute approximate surface area is 201 Å². The third kappa shape index (κ3) is 4.14. The third-order valence-corrected chi connectivity index (χ3v) is 8.08. The van der Waals surface area contributed by atoms with Crippen LogP contribution in [0.25, 0.3) is 11.2 Å². The summed E-state index contributed by atoms with van der Waals surface area (Å²) in [4.78, 5) is 37.5. The van der Waals surface area contributed by atoms with Crippen molar-refractivity contribution in [1.82, 2.24) is 29.3 Å². The molecular formula is C24H28N6O3S. The van der Waals surface area contributed by atoms with Crippen molar-refractivity contribution in [3.63, 3.8) is 0 Å². The van der Waals surface area contributed by atoms with E-state index in [1.165, 1.54) is 11.1 Å². The van der Waals surface area contributed by atoms with Crippen LogP contribution >= 0.6 is 11.8 Å². The Kier molecular flexibility index (Phi) is 5.88. The summed E-state index contributed by atoms with van der Waals surface area (Å²) in [5.41, 5.74) is 2.21. The maximum atomic E-state index is 12.8. The van der Waals surface area contributed by atoms with Crippen LogP contribution in [0.4, 0.5) is 0 Å². The van der Waals surface area contributed by atoms with Gasteiger partial charge in [-0.3, -0.25) is 23.7 Å². The highest BCUT2D eigenvalue weighted by Crippen LogP contribution is 2.32. The fraction of sp³-hybridized carbons (Fsp3) is 0.500. The molecule has 34 heavy (non-hydrogen) atoms. The topological polar surface area (TPSA) is 94.3 Å². The van der Waals surface area contributed by atoms with Crippen LogP contribution < -0.4 is 21.2 Å². The molecule has 6 heterocycles. The average molecular weight is 481 g/mol. The van der Waals surface area contributed by atoms with Gasteiger partial charge in [0.15, 0.2) is 5.75 Å². The summed E-state index contributed by atoms with van der Waals surface area (Å²) in [7, 11) is 0. The summed E-state index contributed by atoms with van der Waals surface area (Å²) in [6, 6.07) is 5.94. The number of nitrogens with zero attached hydrogens (tertiary/aromatic N) is 5. The Morgan fingerprint density at radius 1 is 1.06 bits per heavy atom. The molecule has 0 aliphatic carbocycles. The third-order valence-electron chi connectivity index (χ3n) is 7.08. The van der Waals surface area contributed by atoms with E-state index in [1.807, 2.05) is 18.0 Å². The van der Waals surface area contributed by atoms with E-state index in [1.54, 1.807) is 21.3 Å². The number of likely N-dealkylation sites (tertiary alicyclic amines) is 1. The number of nitrogens with one attached hydrogen (secondary N) is 1. The van der Waals surface area contributed by atoms with Crippen LogP contribution in [-0.4, -0.2) is 62.0 Å². The molecular weight excluding hydrogens is 452 g/mol. The van der Waals surface area contributed by atoms with Crippen LogP contribution in [0.5, 0.6) is 5.75 Å². The molecule has 0 amide bonds. The molecule has 1 fully saturated rings. The van der Waals surface area contributed by atoms with Gasteiger partial charge in [-0.2, -0.15) is 0 Å². The first-order valence-corrected chi connectivity index (χ1v) is 13.0. The second-order valence-electron chi connectivity index (χ2n) is 9.22. The molecule has 10 heteroatoms. The number of ether oxygens (including phenoxy) is 1. The number of hydrogen-bond donors (Lipinski definition) is 1. The van der Waals surface area contributed by atoms with Gasteiger partial charge in [-0.05, 0) is 44.5 Å². The van der Waals surface area contributed by atoms with Gasteiger partial charge >= 0.3 is 0 Å². The van der Waals surface area contributed by atoms with Gasteiger partial charge in [0.2, 0.25) is 0 Å². The van der Waals surface area contributed by atoms with E-state index < -0.39 is 0 Å². The monoisotopic (exact) mass is 480 g/mol. The molecule has 0 saturated carbocycles. The predicted molar refractivity (Wildman–Crippen MR) is 131 cm³/mol. The Morgan fingerprint density at radius 3 is 2.82 bits per heavy atom. The van der Waals surface area contributed by atoms with Crippen molar-refractivity contribution in [2.75, 3.05) is 32.0 Å². The minimum absolute atomic E-state index is 0.0590. The van der Waals surface area contributed by atoms with Gasteiger partial charge in [-0.1, -0.05) is 0 Å². The van der Waals surface area contributed by atoms with Gasteiger partial charge in [0.25, 0.3) is 11.1 Å². The molecule has 1 N–H and O–H groups in total. The fourth-order valence-corrected chi connectivity index (χ4v) is 6.16. The SMILES string of the molecule is O=c1cnc2ccc(=O)n3c2n1CCC3CN1CCC(NCc2cc3c(cn2)OCCS3)CC1.